The predicted molar refractivity (Wildman–Crippen MR) is 75.5 cm³/mol. The van der Waals surface area contributed by atoms with Gasteiger partial charge in [-0.15, -0.1) is 0 Å². The van der Waals surface area contributed by atoms with Crippen LogP contribution >= 0.6 is 0 Å². The molecule has 0 spiro atoms. The van der Waals surface area contributed by atoms with Crippen LogP contribution in [0.5, 0.6) is 5.75 Å². The Bertz CT molecular complexity index is 567. The van der Waals surface area contributed by atoms with E-state index in [0.717, 1.165) is 0 Å². The molecule has 1 aromatic rings. The molecule has 0 unspecified atom stereocenters. The van der Waals surface area contributed by atoms with Crippen LogP contribution in [0.15, 0.2) is 24.3 Å². The van der Waals surface area contributed by atoms with Crippen molar-refractivity contribution in [1.29, 1.82) is 0 Å². The van der Waals surface area contributed by atoms with Gasteiger partial charge in [-0.3, -0.25) is 14.9 Å². The minimum atomic E-state index is -0.761. The van der Waals surface area contributed by atoms with E-state index < -0.39 is 31.1 Å². The van der Waals surface area contributed by atoms with Crippen LogP contribution in [0, 0.1) is 0 Å². The number of hydrogen-bond acceptors (Lipinski definition) is 6. The summed E-state index contributed by atoms with van der Waals surface area (Å²) in [7, 11) is 1.35. The van der Waals surface area contributed by atoms with E-state index in [4.69, 9.17) is 4.74 Å². The van der Waals surface area contributed by atoms with Crippen LogP contribution < -0.4 is 15.4 Å². The molecule has 0 saturated carbocycles. The highest BCUT2D eigenvalue weighted by Crippen LogP contribution is 2.12. The lowest BCUT2D eigenvalue weighted by Crippen LogP contribution is -2.40. The summed E-state index contributed by atoms with van der Waals surface area (Å²) in [5, 5.41) is 4.12. The first-order chi connectivity index (χ1) is 10.4. The standard InChI is InChI=1S/C14H16N2O6/c1-9(17)10-3-5-11(6-4-10)21-8-13(19)22-7-12(18)16-14(20)15-2/h3-6H,7-8H2,1-2H3,(H2,15,16,18,20). The highest BCUT2D eigenvalue weighted by atomic mass is 16.6. The molecule has 1 aromatic carbocycles. The Labute approximate surface area is 126 Å². The number of hydrogen-bond donors (Lipinski definition) is 2. The maximum absolute atomic E-state index is 11.4. The third kappa shape index (κ3) is 6.04. The van der Waals surface area contributed by atoms with Gasteiger partial charge in [0, 0.05) is 12.6 Å². The van der Waals surface area contributed by atoms with Gasteiger partial charge in [0.1, 0.15) is 5.75 Å². The van der Waals surface area contributed by atoms with Gasteiger partial charge in [0.15, 0.2) is 19.0 Å². The largest absolute Gasteiger partial charge is 0.482 e. The second-order valence-electron chi connectivity index (χ2n) is 4.16. The van der Waals surface area contributed by atoms with E-state index in [0.29, 0.717) is 11.3 Å². The average Bonchev–Trinajstić information content (AvgIpc) is 2.51. The smallest absolute Gasteiger partial charge is 0.344 e. The van der Waals surface area contributed by atoms with Crippen LogP contribution in [-0.2, 0) is 14.3 Å². The van der Waals surface area contributed by atoms with E-state index in [1.54, 1.807) is 24.3 Å². The number of rotatable bonds is 6. The first-order valence-electron chi connectivity index (χ1n) is 6.33. The van der Waals surface area contributed by atoms with Crippen molar-refractivity contribution < 1.29 is 28.7 Å². The molecule has 2 N–H and O–H groups in total. The quantitative estimate of drug-likeness (QED) is 0.576. The summed E-state index contributed by atoms with van der Waals surface area (Å²) in [6.07, 6.45) is 0. The summed E-state index contributed by atoms with van der Waals surface area (Å²) >= 11 is 0. The molecule has 0 fully saturated rings. The lowest BCUT2D eigenvalue weighted by atomic mass is 10.1. The Hall–Kier alpha value is -2.90. The summed E-state index contributed by atoms with van der Waals surface area (Å²) in [5.74, 6) is -1.20. The van der Waals surface area contributed by atoms with Gasteiger partial charge in [-0.05, 0) is 31.2 Å². The number of esters is 1. The molecule has 0 heterocycles. The number of carbonyl (C=O) groups is 4. The van der Waals surface area contributed by atoms with Crippen molar-refractivity contribution in [2.24, 2.45) is 0 Å². The third-order valence-corrected chi connectivity index (χ3v) is 2.46. The minimum Gasteiger partial charge on any atom is -0.482 e. The van der Waals surface area contributed by atoms with Gasteiger partial charge in [-0.1, -0.05) is 0 Å². The lowest BCUT2D eigenvalue weighted by Gasteiger charge is -2.07. The molecule has 8 heteroatoms. The fourth-order valence-corrected chi connectivity index (χ4v) is 1.34. The van der Waals surface area contributed by atoms with Crippen molar-refractivity contribution >= 4 is 23.7 Å². The Balaban J connectivity index is 2.32. The van der Waals surface area contributed by atoms with Gasteiger partial charge in [-0.25, -0.2) is 9.59 Å². The number of ketones is 1. The number of nitrogens with one attached hydrogen (secondary N) is 2. The summed E-state index contributed by atoms with van der Waals surface area (Å²) in [6, 6.07) is 5.53. The van der Waals surface area contributed by atoms with Crippen LogP contribution in [-0.4, -0.2) is 44.0 Å². The van der Waals surface area contributed by atoms with Crippen LogP contribution in [0.25, 0.3) is 0 Å². The molecular formula is C14H16N2O6. The van der Waals surface area contributed by atoms with Crippen molar-refractivity contribution in [3.8, 4) is 5.75 Å². The second-order valence-corrected chi connectivity index (χ2v) is 4.16. The fraction of sp³-hybridized carbons (Fsp3) is 0.286. The summed E-state index contributed by atoms with van der Waals surface area (Å²) < 4.78 is 9.76. The molecule has 0 aromatic heterocycles. The SMILES string of the molecule is CNC(=O)NC(=O)COC(=O)COc1ccc(C(C)=O)cc1. The molecule has 3 amide bonds. The van der Waals surface area contributed by atoms with Crippen LogP contribution in [0.4, 0.5) is 4.79 Å². The average molecular weight is 308 g/mol. The van der Waals surface area contributed by atoms with Crippen molar-refractivity contribution in [3.05, 3.63) is 29.8 Å². The summed E-state index contributed by atoms with van der Waals surface area (Å²) in [5.41, 5.74) is 0.529. The Morgan fingerprint density at radius 3 is 2.23 bits per heavy atom. The van der Waals surface area contributed by atoms with Crippen LogP contribution in [0.2, 0.25) is 0 Å². The number of Topliss-reactive ketones (excluding diaryl/α,β-unsaturated/α-hetero) is 1. The zero-order valence-electron chi connectivity index (χ0n) is 12.2. The van der Waals surface area contributed by atoms with Crippen molar-refractivity contribution in [3.63, 3.8) is 0 Å². The van der Waals surface area contributed by atoms with Gasteiger partial charge in [0.05, 0.1) is 0 Å². The molecule has 0 bridgehead atoms. The monoisotopic (exact) mass is 308 g/mol. The first kappa shape index (κ1) is 17.2. The number of imide groups is 1. The number of benzene rings is 1. The van der Waals surface area contributed by atoms with E-state index in [9.17, 15) is 19.2 Å². The summed E-state index contributed by atoms with van der Waals surface area (Å²) in [6.45, 7) is 0.461. The van der Waals surface area contributed by atoms with Crippen molar-refractivity contribution in [2.75, 3.05) is 20.3 Å². The molecule has 0 radical (unpaired) electrons. The van der Waals surface area contributed by atoms with E-state index in [1.165, 1.54) is 14.0 Å². The van der Waals surface area contributed by atoms with Crippen molar-refractivity contribution in [1.82, 2.24) is 10.6 Å². The number of amides is 3. The zero-order chi connectivity index (χ0) is 16.5. The van der Waals surface area contributed by atoms with E-state index in [2.05, 4.69) is 10.1 Å². The molecule has 0 aliphatic rings. The van der Waals surface area contributed by atoms with Crippen molar-refractivity contribution in [2.45, 2.75) is 6.92 Å². The van der Waals surface area contributed by atoms with Crippen LogP contribution in [0.1, 0.15) is 17.3 Å². The highest BCUT2D eigenvalue weighted by Gasteiger charge is 2.10. The molecule has 118 valence electrons. The molecule has 0 aliphatic heterocycles. The fourth-order valence-electron chi connectivity index (χ4n) is 1.34. The Morgan fingerprint density at radius 1 is 1.05 bits per heavy atom. The minimum absolute atomic E-state index is 0.0758. The maximum Gasteiger partial charge on any atom is 0.344 e. The number of carbonyl (C=O) groups excluding carboxylic acids is 4. The van der Waals surface area contributed by atoms with Crippen LogP contribution in [0.3, 0.4) is 0 Å². The third-order valence-electron chi connectivity index (χ3n) is 2.46. The van der Waals surface area contributed by atoms with Gasteiger partial charge in [-0.2, -0.15) is 0 Å². The van der Waals surface area contributed by atoms with Gasteiger partial charge in [0.25, 0.3) is 5.91 Å². The summed E-state index contributed by atoms with van der Waals surface area (Å²) in [4.78, 5) is 44.4. The lowest BCUT2D eigenvalue weighted by molar-refractivity contribution is -0.150. The maximum atomic E-state index is 11.4. The number of ether oxygens (including phenoxy) is 2. The topological polar surface area (TPSA) is 111 Å². The zero-order valence-corrected chi connectivity index (χ0v) is 12.2. The Kier molecular flexibility index (Phi) is 6.55. The predicted octanol–water partition coefficient (Wildman–Crippen LogP) is 0.267. The molecule has 1 rings (SSSR count). The molecule has 0 saturated heterocycles. The molecular weight excluding hydrogens is 292 g/mol. The molecule has 0 atom stereocenters. The highest BCUT2D eigenvalue weighted by molar-refractivity contribution is 5.95. The molecule has 22 heavy (non-hydrogen) atoms. The Morgan fingerprint density at radius 2 is 1.68 bits per heavy atom. The van der Waals surface area contributed by atoms with E-state index >= 15 is 0 Å². The van der Waals surface area contributed by atoms with E-state index in [-0.39, 0.29) is 5.78 Å². The molecule has 0 aliphatic carbocycles. The molecule has 8 nitrogen and oxygen atoms in total. The van der Waals surface area contributed by atoms with Gasteiger partial charge in [0.2, 0.25) is 0 Å². The van der Waals surface area contributed by atoms with Gasteiger partial charge >= 0.3 is 12.0 Å². The number of urea groups is 1. The van der Waals surface area contributed by atoms with E-state index in [1.807, 2.05) is 5.32 Å². The second kappa shape index (κ2) is 8.40. The first-order valence-corrected chi connectivity index (χ1v) is 6.33. The normalized spacial score (nSPS) is 9.55. The van der Waals surface area contributed by atoms with Gasteiger partial charge < -0.3 is 14.8 Å².